The van der Waals surface area contributed by atoms with Gasteiger partial charge in [-0.1, -0.05) is 212 Å². The van der Waals surface area contributed by atoms with Gasteiger partial charge in [-0.15, -0.1) is 0 Å². The van der Waals surface area contributed by atoms with Crippen LogP contribution >= 0.6 is 0 Å². The summed E-state index contributed by atoms with van der Waals surface area (Å²) in [5.74, 6) is 0.396. The maximum Gasteiger partial charge on any atom is 0.0731 e. The van der Waals surface area contributed by atoms with E-state index in [1.54, 1.807) is 0 Å². The van der Waals surface area contributed by atoms with Gasteiger partial charge in [0.2, 0.25) is 0 Å². The fraction of sp³-hybridized carbons (Fsp3) is 0.0938. The van der Waals surface area contributed by atoms with Crippen molar-refractivity contribution in [3.63, 3.8) is 0 Å². The summed E-state index contributed by atoms with van der Waals surface area (Å²) in [7, 11) is 0. The van der Waals surface area contributed by atoms with Crippen LogP contribution in [0.2, 0.25) is 0 Å². The normalized spacial score (nSPS) is 16.9. The van der Waals surface area contributed by atoms with Crippen molar-refractivity contribution in [1.29, 1.82) is 0 Å². The lowest BCUT2D eigenvalue weighted by atomic mass is 9.68. The smallest absolute Gasteiger partial charge is 0.0731 e. The highest BCUT2D eigenvalue weighted by molar-refractivity contribution is 6.01. The SMILES string of the molecule is C1=CC(c2ccccc2)CC=C1C=C(c1ccc2c(c1)-c1ccccc1C=C(c1cccc3c1C1(c4ccccc4-c4ccccc41)c1ccccc1-3)C2)c1cccc2c1=CCCC=2. The van der Waals surface area contributed by atoms with E-state index in [1.807, 2.05) is 0 Å². The zero-order chi connectivity index (χ0) is 42.2. The first-order valence-corrected chi connectivity index (χ1v) is 23.1. The molecule has 1 unspecified atom stereocenters. The molecule has 8 aromatic rings. The molecule has 0 saturated carbocycles. The van der Waals surface area contributed by atoms with Crippen LogP contribution in [0.4, 0.5) is 0 Å². The minimum Gasteiger partial charge on any atom is -0.0763 e. The van der Waals surface area contributed by atoms with Crippen LogP contribution < -0.4 is 10.4 Å². The third-order valence-electron chi connectivity index (χ3n) is 14.7. The third kappa shape index (κ3) is 5.62. The molecule has 0 nitrogen and oxygen atoms in total. The van der Waals surface area contributed by atoms with Crippen LogP contribution in [-0.2, 0) is 11.8 Å². The highest BCUT2D eigenvalue weighted by atomic mass is 14.5. The lowest BCUT2D eigenvalue weighted by Gasteiger charge is -2.32. The number of hydrogen-bond acceptors (Lipinski definition) is 0. The van der Waals surface area contributed by atoms with E-state index in [-0.39, 0.29) is 0 Å². The Morgan fingerprint density at radius 2 is 1.16 bits per heavy atom. The standard InChI is InChI=1S/C64H46/c1-2-16-43(17-3-1)44-34-32-42(33-35-44)38-58(53-27-14-20-45-18-4-6-21-50(45)53)48-37-36-47-40-49(39-46-19-5-7-22-51(46)59(47)41-48)52-26-15-28-57-56-25-10-13-31-62(56)64(63(52)57)60-29-11-8-23-54(60)55-24-9-12-30-61(55)64/h1-3,5,7-34,36-39,41,44H,4,6,35,40H2. The van der Waals surface area contributed by atoms with Gasteiger partial charge in [-0.2, -0.15) is 0 Å². The monoisotopic (exact) mass is 814 g/mol. The molecule has 13 rings (SSSR count). The molecule has 0 heteroatoms. The molecule has 5 aliphatic rings. The number of allylic oxidation sites excluding steroid dienone is 6. The van der Waals surface area contributed by atoms with Gasteiger partial charge in [-0.05, 0) is 154 Å². The Morgan fingerprint density at radius 3 is 1.91 bits per heavy atom. The molecule has 0 amide bonds. The van der Waals surface area contributed by atoms with Gasteiger partial charge in [0.05, 0.1) is 5.41 Å². The Morgan fingerprint density at radius 1 is 0.516 bits per heavy atom. The van der Waals surface area contributed by atoms with Crippen LogP contribution in [0.3, 0.4) is 0 Å². The lowest BCUT2D eigenvalue weighted by molar-refractivity contribution is 0.790. The van der Waals surface area contributed by atoms with Crippen molar-refractivity contribution in [2.45, 2.75) is 37.0 Å². The molecule has 0 N–H and O–H groups in total. The van der Waals surface area contributed by atoms with Crippen LogP contribution in [0.25, 0.3) is 62.8 Å². The number of hydrogen-bond donors (Lipinski definition) is 0. The molecule has 0 fully saturated rings. The zero-order valence-corrected chi connectivity index (χ0v) is 35.8. The van der Waals surface area contributed by atoms with Crippen LogP contribution in [0, 0.1) is 0 Å². The summed E-state index contributed by atoms with van der Waals surface area (Å²) < 4.78 is 0. The van der Waals surface area contributed by atoms with Gasteiger partial charge in [-0.25, -0.2) is 0 Å². The predicted molar refractivity (Wildman–Crippen MR) is 268 cm³/mol. The van der Waals surface area contributed by atoms with E-state index in [1.165, 1.54) is 116 Å². The van der Waals surface area contributed by atoms with Crippen molar-refractivity contribution in [1.82, 2.24) is 0 Å². The zero-order valence-electron chi connectivity index (χ0n) is 35.8. The second-order valence-electron chi connectivity index (χ2n) is 18.1. The average Bonchev–Trinajstić information content (AvgIpc) is 3.76. The molecule has 0 heterocycles. The highest BCUT2D eigenvalue weighted by Crippen LogP contribution is 2.64. The van der Waals surface area contributed by atoms with Crippen molar-refractivity contribution in [2.24, 2.45) is 0 Å². The summed E-state index contributed by atoms with van der Waals surface area (Å²) in [6.45, 7) is 0. The molecule has 5 aliphatic carbocycles. The number of rotatable bonds is 5. The van der Waals surface area contributed by atoms with Crippen molar-refractivity contribution >= 4 is 29.4 Å². The van der Waals surface area contributed by atoms with Gasteiger partial charge in [0, 0.05) is 5.92 Å². The molecule has 0 aromatic heterocycles. The van der Waals surface area contributed by atoms with E-state index in [4.69, 9.17) is 0 Å². The summed E-state index contributed by atoms with van der Waals surface area (Å²) in [4.78, 5) is 0. The molecular weight excluding hydrogens is 769 g/mol. The van der Waals surface area contributed by atoms with Crippen molar-refractivity contribution in [3.8, 4) is 33.4 Å². The molecule has 0 bridgehead atoms. The second kappa shape index (κ2) is 14.8. The predicted octanol–water partition coefficient (Wildman–Crippen LogP) is 14.3. The van der Waals surface area contributed by atoms with E-state index in [0.717, 1.165) is 25.7 Å². The maximum absolute atomic E-state index is 2.50. The number of benzene rings is 8. The van der Waals surface area contributed by atoms with Gasteiger partial charge in [0.25, 0.3) is 0 Å². The first-order chi connectivity index (χ1) is 31.7. The van der Waals surface area contributed by atoms with Crippen molar-refractivity contribution < 1.29 is 0 Å². The van der Waals surface area contributed by atoms with Gasteiger partial charge >= 0.3 is 0 Å². The maximum atomic E-state index is 2.50. The third-order valence-corrected chi connectivity index (χ3v) is 14.7. The van der Waals surface area contributed by atoms with Crippen molar-refractivity contribution in [2.75, 3.05) is 0 Å². The molecule has 302 valence electrons. The topological polar surface area (TPSA) is 0 Å². The number of fused-ring (bicyclic) bond motifs is 14. The molecule has 64 heavy (non-hydrogen) atoms. The summed E-state index contributed by atoms with van der Waals surface area (Å²) in [6, 6.07) is 68.7. The van der Waals surface area contributed by atoms with Crippen LogP contribution in [0.15, 0.2) is 212 Å². The summed E-state index contributed by atoms with van der Waals surface area (Å²) in [5, 5.41) is 2.69. The average molecular weight is 815 g/mol. The van der Waals surface area contributed by atoms with E-state index >= 15 is 0 Å². The van der Waals surface area contributed by atoms with Crippen LogP contribution in [0.1, 0.15) is 80.8 Å². The van der Waals surface area contributed by atoms with Crippen LogP contribution in [0.5, 0.6) is 0 Å². The van der Waals surface area contributed by atoms with E-state index in [9.17, 15) is 0 Å². The molecule has 1 atom stereocenters. The molecule has 0 aliphatic heterocycles. The molecule has 0 saturated heterocycles. The van der Waals surface area contributed by atoms with Gasteiger partial charge in [0.1, 0.15) is 0 Å². The summed E-state index contributed by atoms with van der Waals surface area (Å²) in [5.41, 5.74) is 24.8. The van der Waals surface area contributed by atoms with Gasteiger partial charge in [0.15, 0.2) is 0 Å². The summed E-state index contributed by atoms with van der Waals surface area (Å²) >= 11 is 0. The minimum atomic E-state index is -0.415. The fourth-order valence-corrected chi connectivity index (χ4v) is 11.9. The lowest BCUT2D eigenvalue weighted by Crippen LogP contribution is -2.30. The molecule has 0 radical (unpaired) electrons. The Kier molecular flexibility index (Phi) is 8.56. The van der Waals surface area contributed by atoms with E-state index < -0.39 is 5.41 Å². The quantitative estimate of drug-likeness (QED) is 0.162. The van der Waals surface area contributed by atoms with Gasteiger partial charge in [-0.3, -0.25) is 0 Å². The van der Waals surface area contributed by atoms with E-state index in [2.05, 4.69) is 225 Å². The Labute approximate surface area is 376 Å². The van der Waals surface area contributed by atoms with Crippen LogP contribution in [-0.4, -0.2) is 0 Å². The Balaban J connectivity index is 0.978. The van der Waals surface area contributed by atoms with Gasteiger partial charge < -0.3 is 0 Å². The summed E-state index contributed by atoms with van der Waals surface area (Å²) in [6.07, 6.45) is 21.0. The minimum absolute atomic E-state index is 0.396. The van der Waals surface area contributed by atoms with Crippen molar-refractivity contribution in [3.05, 3.63) is 278 Å². The molecule has 8 aromatic carbocycles. The Bertz CT molecular complexity index is 3430. The largest absolute Gasteiger partial charge is 0.0763 e. The van der Waals surface area contributed by atoms with E-state index in [0.29, 0.717) is 5.92 Å². The highest BCUT2D eigenvalue weighted by Gasteiger charge is 2.52. The molecule has 1 spiro atoms. The molecular formula is C64H46. The first kappa shape index (κ1) is 37.1. The second-order valence-corrected chi connectivity index (χ2v) is 18.1. The fourth-order valence-electron chi connectivity index (χ4n) is 11.9. The first-order valence-electron chi connectivity index (χ1n) is 23.1. The Hall–Kier alpha value is -7.54.